The van der Waals surface area contributed by atoms with Gasteiger partial charge in [0, 0.05) is 12.6 Å². The van der Waals surface area contributed by atoms with Crippen molar-refractivity contribution in [2.24, 2.45) is 5.73 Å². The molecule has 1 atom stereocenters. The fourth-order valence-electron chi connectivity index (χ4n) is 2.19. The largest absolute Gasteiger partial charge is 0.323 e. The summed E-state index contributed by atoms with van der Waals surface area (Å²) in [5.74, 6) is 0. The van der Waals surface area contributed by atoms with Crippen molar-refractivity contribution in [2.75, 3.05) is 13.1 Å². The van der Waals surface area contributed by atoms with Crippen LogP contribution in [0.25, 0.3) is 12.2 Å². The summed E-state index contributed by atoms with van der Waals surface area (Å²) in [6.07, 6.45) is 6.98. The number of nitrogens with one attached hydrogen (secondary N) is 1. The van der Waals surface area contributed by atoms with Gasteiger partial charge in [0.05, 0.1) is 0 Å². The summed E-state index contributed by atoms with van der Waals surface area (Å²) in [5.41, 5.74) is 9.74. The molecule has 0 saturated carbocycles. The maximum atomic E-state index is 6.08. The van der Waals surface area contributed by atoms with E-state index in [1.54, 1.807) is 0 Å². The van der Waals surface area contributed by atoms with Gasteiger partial charge in [-0.1, -0.05) is 79.4 Å². The summed E-state index contributed by atoms with van der Waals surface area (Å²) in [4.78, 5) is 0. The molecule has 0 spiro atoms. The first kappa shape index (κ1) is 16.2. The van der Waals surface area contributed by atoms with E-state index in [9.17, 15) is 0 Å². The first-order chi connectivity index (χ1) is 10.8. The van der Waals surface area contributed by atoms with E-state index in [2.05, 4.69) is 54.4 Å². The van der Waals surface area contributed by atoms with Gasteiger partial charge >= 0.3 is 0 Å². The number of benzene rings is 2. The number of nitrogens with two attached hydrogens (primary N) is 1. The molecule has 0 fully saturated rings. The average molecular weight is 292 g/mol. The highest BCUT2D eigenvalue weighted by atomic mass is 14.9. The first-order valence-electron chi connectivity index (χ1n) is 7.69. The van der Waals surface area contributed by atoms with Gasteiger partial charge < -0.3 is 11.1 Å². The number of rotatable bonds is 8. The Morgan fingerprint density at radius 3 is 2.41 bits per heavy atom. The molecule has 0 amide bonds. The van der Waals surface area contributed by atoms with Crippen molar-refractivity contribution in [3.63, 3.8) is 0 Å². The summed E-state index contributed by atoms with van der Waals surface area (Å²) >= 11 is 0. The molecular weight excluding hydrogens is 268 g/mol. The van der Waals surface area contributed by atoms with Crippen LogP contribution in [0.5, 0.6) is 0 Å². The zero-order valence-electron chi connectivity index (χ0n) is 12.9. The van der Waals surface area contributed by atoms with Crippen LogP contribution in [0.4, 0.5) is 0 Å². The van der Waals surface area contributed by atoms with Crippen molar-refractivity contribution in [1.82, 2.24) is 5.32 Å². The summed E-state index contributed by atoms with van der Waals surface area (Å²) in [6.45, 7) is 5.48. The van der Waals surface area contributed by atoms with Crippen molar-refractivity contribution >= 4 is 12.2 Å². The third-order valence-corrected chi connectivity index (χ3v) is 3.52. The summed E-state index contributed by atoms with van der Waals surface area (Å²) in [5, 5.41) is 3.40. The van der Waals surface area contributed by atoms with Crippen LogP contribution in [0, 0.1) is 0 Å². The van der Waals surface area contributed by atoms with Gasteiger partial charge in [0.1, 0.15) is 0 Å². The van der Waals surface area contributed by atoms with E-state index in [0.29, 0.717) is 0 Å². The molecule has 2 nitrogen and oxygen atoms in total. The Balaban J connectivity index is 1.67. The molecule has 0 aliphatic rings. The highest BCUT2D eigenvalue weighted by molar-refractivity contribution is 5.49. The molecule has 0 saturated heterocycles. The summed E-state index contributed by atoms with van der Waals surface area (Å²) in [6, 6.07) is 18.7. The molecule has 0 radical (unpaired) electrons. The van der Waals surface area contributed by atoms with E-state index in [1.807, 2.05) is 30.4 Å². The van der Waals surface area contributed by atoms with E-state index in [-0.39, 0.29) is 6.04 Å². The molecule has 0 heterocycles. The third-order valence-electron chi connectivity index (χ3n) is 3.52. The Morgan fingerprint density at radius 1 is 1.00 bits per heavy atom. The molecule has 3 N–H and O–H groups in total. The van der Waals surface area contributed by atoms with Gasteiger partial charge in [-0.3, -0.25) is 0 Å². The topological polar surface area (TPSA) is 38.0 Å². The summed E-state index contributed by atoms with van der Waals surface area (Å²) < 4.78 is 0. The number of hydrogen-bond donors (Lipinski definition) is 2. The Morgan fingerprint density at radius 2 is 1.73 bits per heavy atom. The molecule has 0 aromatic heterocycles. The minimum Gasteiger partial charge on any atom is -0.323 e. The van der Waals surface area contributed by atoms with Crippen LogP contribution in [0.2, 0.25) is 0 Å². The Labute approximate surface area is 133 Å². The van der Waals surface area contributed by atoms with Crippen LogP contribution in [0.15, 0.2) is 67.3 Å². The van der Waals surface area contributed by atoms with Gasteiger partial charge in [-0.15, -0.1) is 0 Å². The van der Waals surface area contributed by atoms with Gasteiger partial charge in [-0.05, 0) is 29.7 Å². The maximum Gasteiger partial charge on any atom is 0.0354 e. The normalized spacial score (nSPS) is 12.4. The zero-order valence-corrected chi connectivity index (χ0v) is 12.9. The van der Waals surface area contributed by atoms with Crippen LogP contribution in [-0.4, -0.2) is 19.1 Å². The second-order valence-corrected chi connectivity index (χ2v) is 5.33. The minimum absolute atomic E-state index is 0.0309. The molecule has 0 aliphatic heterocycles. The highest BCUT2D eigenvalue weighted by Crippen LogP contribution is 2.05. The smallest absolute Gasteiger partial charge is 0.0354 e. The SMILES string of the molecule is C=Cc1ccc(CCNCC(N)C=Cc2ccccc2)cc1. The zero-order chi connectivity index (χ0) is 15.6. The van der Waals surface area contributed by atoms with Crippen LogP contribution in [-0.2, 0) is 6.42 Å². The maximum absolute atomic E-state index is 6.08. The Bertz CT molecular complexity index is 585. The molecule has 2 rings (SSSR count). The van der Waals surface area contributed by atoms with Crippen molar-refractivity contribution in [3.8, 4) is 0 Å². The molecule has 114 valence electrons. The Hall–Kier alpha value is -2.16. The minimum atomic E-state index is 0.0309. The highest BCUT2D eigenvalue weighted by Gasteiger charge is 1.98. The third kappa shape index (κ3) is 5.68. The van der Waals surface area contributed by atoms with E-state index in [1.165, 1.54) is 11.1 Å². The quantitative estimate of drug-likeness (QED) is 0.731. The second kappa shape index (κ2) is 8.98. The average Bonchev–Trinajstić information content (AvgIpc) is 2.58. The van der Waals surface area contributed by atoms with Crippen LogP contribution >= 0.6 is 0 Å². The van der Waals surface area contributed by atoms with E-state index >= 15 is 0 Å². The fourth-order valence-corrected chi connectivity index (χ4v) is 2.19. The van der Waals surface area contributed by atoms with Crippen molar-refractivity contribution in [2.45, 2.75) is 12.5 Å². The molecule has 22 heavy (non-hydrogen) atoms. The molecule has 2 heteroatoms. The van der Waals surface area contributed by atoms with Gasteiger partial charge in [-0.2, -0.15) is 0 Å². The van der Waals surface area contributed by atoms with Gasteiger partial charge in [0.2, 0.25) is 0 Å². The van der Waals surface area contributed by atoms with Crippen molar-refractivity contribution < 1.29 is 0 Å². The lowest BCUT2D eigenvalue weighted by atomic mass is 10.1. The second-order valence-electron chi connectivity index (χ2n) is 5.33. The molecule has 2 aromatic rings. The predicted molar refractivity (Wildman–Crippen MR) is 96.6 cm³/mol. The molecular formula is C20H24N2. The predicted octanol–water partition coefficient (Wildman–Crippen LogP) is 3.50. The van der Waals surface area contributed by atoms with E-state index < -0.39 is 0 Å². The summed E-state index contributed by atoms with van der Waals surface area (Å²) in [7, 11) is 0. The molecule has 1 unspecified atom stereocenters. The van der Waals surface area contributed by atoms with Gasteiger partial charge in [-0.25, -0.2) is 0 Å². The lowest BCUT2D eigenvalue weighted by Gasteiger charge is -2.09. The first-order valence-corrected chi connectivity index (χ1v) is 7.69. The van der Waals surface area contributed by atoms with E-state index in [4.69, 9.17) is 5.73 Å². The van der Waals surface area contributed by atoms with Gasteiger partial charge in [0.25, 0.3) is 0 Å². The number of hydrogen-bond acceptors (Lipinski definition) is 2. The monoisotopic (exact) mass is 292 g/mol. The Kier molecular flexibility index (Phi) is 6.62. The van der Waals surface area contributed by atoms with Crippen LogP contribution in [0.1, 0.15) is 16.7 Å². The fraction of sp³-hybridized carbons (Fsp3) is 0.200. The molecule has 0 aliphatic carbocycles. The van der Waals surface area contributed by atoms with Crippen LogP contribution in [0.3, 0.4) is 0 Å². The standard InChI is InChI=1S/C20H24N2/c1-2-17-8-10-19(11-9-17)14-15-22-16-20(21)13-12-18-6-4-3-5-7-18/h2-13,20,22H,1,14-16,21H2. The van der Waals surface area contributed by atoms with Gasteiger partial charge in [0.15, 0.2) is 0 Å². The van der Waals surface area contributed by atoms with Crippen LogP contribution < -0.4 is 11.1 Å². The molecule has 0 bridgehead atoms. The van der Waals surface area contributed by atoms with Crippen molar-refractivity contribution in [3.05, 3.63) is 83.9 Å². The van der Waals surface area contributed by atoms with Crippen molar-refractivity contribution in [1.29, 1.82) is 0 Å². The lowest BCUT2D eigenvalue weighted by molar-refractivity contribution is 0.640. The lowest BCUT2D eigenvalue weighted by Crippen LogP contribution is -2.33. The molecule has 2 aromatic carbocycles. The van der Waals surface area contributed by atoms with E-state index in [0.717, 1.165) is 25.1 Å².